The molecule has 0 radical (unpaired) electrons. The fourth-order valence-electron chi connectivity index (χ4n) is 2.46. The molecule has 1 heterocycles. The Labute approximate surface area is 132 Å². The summed E-state index contributed by atoms with van der Waals surface area (Å²) in [7, 11) is 1.81. The quantitative estimate of drug-likeness (QED) is 0.637. The molecule has 1 aromatic heterocycles. The maximum absolute atomic E-state index is 4.59. The average Bonchev–Trinajstić information content (AvgIpc) is 2.81. The van der Waals surface area contributed by atoms with Crippen molar-refractivity contribution in [1.29, 1.82) is 0 Å². The van der Waals surface area contributed by atoms with E-state index in [1.54, 1.807) is 0 Å². The smallest absolute Gasteiger partial charge is 0.191 e. The van der Waals surface area contributed by atoms with E-state index in [1.807, 2.05) is 13.1 Å². The van der Waals surface area contributed by atoms with Crippen molar-refractivity contribution in [3.05, 3.63) is 30.1 Å². The Balaban J connectivity index is 1.88. The van der Waals surface area contributed by atoms with Crippen LogP contribution in [0.4, 0.5) is 0 Å². The zero-order valence-electron chi connectivity index (χ0n) is 14.1. The highest BCUT2D eigenvalue weighted by Crippen LogP contribution is 2.14. The fraction of sp³-hybridized carbons (Fsp3) is 0.529. The number of aryl methyl sites for hydroxylation is 1. The summed E-state index contributed by atoms with van der Waals surface area (Å²) < 4.78 is 2.24. The van der Waals surface area contributed by atoms with Gasteiger partial charge in [-0.05, 0) is 31.4 Å². The Morgan fingerprint density at radius 3 is 2.68 bits per heavy atom. The average molecular weight is 301 g/mol. The van der Waals surface area contributed by atoms with E-state index in [-0.39, 0.29) is 0 Å². The summed E-state index contributed by atoms with van der Waals surface area (Å²) in [5, 5.41) is 6.71. The van der Waals surface area contributed by atoms with Crippen LogP contribution in [0.25, 0.3) is 11.0 Å². The van der Waals surface area contributed by atoms with Crippen LogP contribution in [0.1, 0.15) is 26.1 Å². The van der Waals surface area contributed by atoms with Crippen LogP contribution in [-0.2, 0) is 6.54 Å². The van der Waals surface area contributed by atoms with Crippen LogP contribution in [0.15, 0.2) is 29.3 Å². The first-order valence-electron chi connectivity index (χ1n) is 7.98. The van der Waals surface area contributed by atoms with Crippen molar-refractivity contribution in [3.63, 3.8) is 0 Å². The van der Waals surface area contributed by atoms with Gasteiger partial charge in [-0.1, -0.05) is 26.0 Å². The van der Waals surface area contributed by atoms with E-state index in [0.29, 0.717) is 5.92 Å². The predicted octanol–water partition coefficient (Wildman–Crippen LogP) is 2.56. The van der Waals surface area contributed by atoms with Gasteiger partial charge in [0.15, 0.2) is 5.96 Å². The lowest BCUT2D eigenvalue weighted by Gasteiger charge is -2.14. The standard InChI is InChI=1S/C17H27N5/c1-13(2)9-10-19-17(18-4)20-11-12-22-14(3)21-15-7-5-6-8-16(15)22/h5-8,13H,9-12H2,1-4H3,(H2,18,19,20). The van der Waals surface area contributed by atoms with Crippen molar-refractivity contribution in [1.82, 2.24) is 20.2 Å². The number of nitrogens with zero attached hydrogens (tertiary/aromatic N) is 3. The Hall–Kier alpha value is -2.04. The first-order chi connectivity index (χ1) is 10.6. The molecule has 0 amide bonds. The lowest BCUT2D eigenvalue weighted by Crippen LogP contribution is -2.39. The molecule has 5 heteroatoms. The van der Waals surface area contributed by atoms with E-state index in [2.05, 4.69) is 64.1 Å². The minimum Gasteiger partial charge on any atom is -0.356 e. The molecule has 0 aliphatic carbocycles. The Morgan fingerprint density at radius 2 is 1.95 bits per heavy atom. The molecule has 0 aliphatic rings. The molecule has 2 rings (SSSR count). The number of aliphatic imine (C=N–C) groups is 1. The van der Waals surface area contributed by atoms with Crippen LogP contribution in [-0.4, -0.2) is 35.6 Å². The monoisotopic (exact) mass is 301 g/mol. The molecular formula is C17H27N5. The summed E-state index contributed by atoms with van der Waals surface area (Å²) in [5.74, 6) is 2.61. The lowest BCUT2D eigenvalue weighted by molar-refractivity contribution is 0.571. The number of nitrogens with one attached hydrogen (secondary N) is 2. The third kappa shape index (κ3) is 4.23. The second-order valence-electron chi connectivity index (χ2n) is 5.91. The van der Waals surface area contributed by atoms with Crippen molar-refractivity contribution in [2.24, 2.45) is 10.9 Å². The Bertz CT molecular complexity index is 627. The van der Waals surface area contributed by atoms with Crippen molar-refractivity contribution in [2.45, 2.75) is 33.7 Å². The molecule has 0 aliphatic heterocycles. The van der Waals surface area contributed by atoms with Crippen molar-refractivity contribution < 1.29 is 0 Å². The van der Waals surface area contributed by atoms with E-state index >= 15 is 0 Å². The second-order valence-corrected chi connectivity index (χ2v) is 5.91. The summed E-state index contributed by atoms with van der Waals surface area (Å²) in [6.45, 7) is 9.15. The van der Waals surface area contributed by atoms with Gasteiger partial charge in [0.1, 0.15) is 5.82 Å². The highest BCUT2D eigenvalue weighted by Gasteiger charge is 2.06. The van der Waals surface area contributed by atoms with Gasteiger partial charge in [-0.2, -0.15) is 0 Å². The van der Waals surface area contributed by atoms with Gasteiger partial charge in [0.05, 0.1) is 11.0 Å². The van der Waals surface area contributed by atoms with Crippen LogP contribution < -0.4 is 10.6 Å². The SMILES string of the molecule is CN=C(NCCC(C)C)NCCn1c(C)nc2ccccc21. The van der Waals surface area contributed by atoms with E-state index < -0.39 is 0 Å². The van der Waals surface area contributed by atoms with Gasteiger partial charge in [0.25, 0.3) is 0 Å². The van der Waals surface area contributed by atoms with Crippen molar-refractivity contribution in [2.75, 3.05) is 20.1 Å². The summed E-state index contributed by atoms with van der Waals surface area (Å²) in [4.78, 5) is 8.85. The largest absolute Gasteiger partial charge is 0.356 e. The Kier molecular flexibility index (Phi) is 5.81. The van der Waals surface area contributed by atoms with Crippen LogP contribution in [0, 0.1) is 12.8 Å². The summed E-state index contributed by atoms with van der Waals surface area (Å²) in [5.41, 5.74) is 2.24. The summed E-state index contributed by atoms with van der Waals surface area (Å²) >= 11 is 0. The first kappa shape index (κ1) is 16.3. The third-order valence-electron chi connectivity index (χ3n) is 3.71. The van der Waals surface area contributed by atoms with Gasteiger partial charge in [0, 0.05) is 26.7 Å². The minimum atomic E-state index is 0.700. The maximum Gasteiger partial charge on any atom is 0.191 e. The van der Waals surface area contributed by atoms with Crippen LogP contribution in [0.3, 0.4) is 0 Å². The fourth-order valence-corrected chi connectivity index (χ4v) is 2.46. The predicted molar refractivity (Wildman–Crippen MR) is 93.3 cm³/mol. The number of imidazole rings is 1. The molecule has 120 valence electrons. The van der Waals surface area contributed by atoms with Crippen LogP contribution in [0.5, 0.6) is 0 Å². The van der Waals surface area contributed by atoms with Gasteiger partial charge in [-0.15, -0.1) is 0 Å². The van der Waals surface area contributed by atoms with Crippen molar-refractivity contribution in [3.8, 4) is 0 Å². The number of hydrogen-bond donors (Lipinski definition) is 2. The lowest BCUT2D eigenvalue weighted by atomic mass is 10.1. The van der Waals surface area contributed by atoms with E-state index in [9.17, 15) is 0 Å². The van der Waals surface area contributed by atoms with Crippen LogP contribution in [0.2, 0.25) is 0 Å². The molecule has 22 heavy (non-hydrogen) atoms. The highest BCUT2D eigenvalue weighted by atomic mass is 15.2. The second kappa shape index (κ2) is 7.82. The van der Waals surface area contributed by atoms with E-state index in [1.165, 1.54) is 5.52 Å². The molecule has 2 aromatic rings. The molecule has 5 nitrogen and oxygen atoms in total. The molecule has 0 saturated carbocycles. The van der Waals surface area contributed by atoms with Crippen molar-refractivity contribution >= 4 is 17.0 Å². The number of benzene rings is 1. The highest BCUT2D eigenvalue weighted by molar-refractivity contribution is 5.79. The Morgan fingerprint density at radius 1 is 1.23 bits per heavy atom. The van der Waals surface area contributed by atoms with Crippen LogP contribution >= 0.6 is 0 Å². The van der Waals surface area contributed by atoms with Gasteiger partial charge < -0.3 is 15.2 Å². The number of para-hydroxylation sites is 2. The van der Waals surface area contributed by atoms with Gasteiger partial charge >= 0.3 is 0 Å². The summed E-state index contributed by atoms with van der Waals surface area (Å²) in [6.07, 6.45) is 1.14. The number of fused-ring (bicyclic) bond motifs is 1. The molecule has 2 N–H and O–H groups in total. The maximum atomic E-state index is 4.59. The molecule has 1 aromatic carbocycles. The molecule has 0 bridgehead atoms. The van der Waals surface area contributed by atoms with E-state index in [4.69, 9.17) is 0 Å². The number of aromatic nitrogens is 2. The zero-order chi connectivity index (χ0) is 15.9. The van der Waals surface area contributed by atoms with E-state index in [0.717, 1.165) is 43.4 Å². The zero-order valence-corrected chi connectivity index (χ0v) is 14.1. The number of guanidine groups is 1. The molecular weight excluding hydrogens is 274 g/mol. The molecule has 0 spiro atoms. The number of rotatable bonds is 6. The summed E-state index contributed by atoms with van der Waals surface area (Å²) in [6, 6.07) is 8.25. The number of hydrogen-bond acceptors (Lipinski definition) is 2. The van der Waals surface area contributed by atoms with Gasteiger partial charge in [-0.25, -0.2) is 4.98 Å². The minimum absolute atomic E-state index is 0.700. The molecule has 0 fully saturated rings. The molecule has 0 unspecified atom stereocenters. The van der Waals surface area contributed by atoms with Gasteiger partial charge in [-0.3, -0.25) is 4.99 Å². The first-order valence-corrected chi connectivity index (χ1v) is 7.98. The molecule has 0 atom stereocenters. The molecule has 0 saturated heterocycles. The normalized spacial score (nSPS) is 12.1. The topological polar surface area (TPSA) is 54.2 Å². The van der Waals surface area contributed by atoms with Gasteiger partial charge in [0.2, 0.25) is 0 Å². The third-order valence-corrected chi connectivity index (χ3v) is 3.71.